The first-order valence-corrected chi connectivity index (χ1v) is 17.2. The van der Waals surface area contributed by atoms with Gasteiger partial charge in [-0.25, -0.2) is 9.97 Å². The van der Waals surface area contributed by atoms with Crippen molar-refractivity contribution in [2.45, 2.75) is 52.4 Å². The normalized spacial score (nSPS) is 11.9. The molecular weight excluding hydrogens is 611 g/mol. The molecule has 0 saturated carbocycles. The van der Waals surface area contributed by atoms with Crippen molar-refractivity contribution in [3.8, 4) is 39.4 Å². The van der Waals surface area contributed by atoms with Crippen LogP contribution in [0.5, 0.6) is 5.75 Å². The molecule has 0 spiro atoms. The van der Waals surface area contributed by atoms with Gasteiger partial charge in [0.1, 0.15) is 11.6 Å². The van der Waals surface area contributed by atoms with Crippen LogP contribution in [0, 0.1) is 0 Å². The van der Waals surface area contributed by atoms with Gasteiger partial charge in [0.25, 0.3) is 0 Å². The fraction of sp³-hybridized carbons (Fsp3) is 0.174. The third kappa shape index (κ3) is 6.49. The van der Waals surface area contributed by atoms with Crippen molar-refractivity contribution >= 4 is 28.0 Å². The van der Waals surface area contributed by atoms with Gasteiger partial charge in [0, 0.05) is 34.0 Å². The predicted molar refractivity (Wildman–Crippen MR) is 210 cm³/mol. The Morgan fingerprint density at radius 2 is 1.24 bits per heavy atom. The molecule has 0 bridgehead atoms. The summed E-state index contributed by atoms with van der Waals surface area (Å²) in [4.78, 5) is 12.3. The average molecular weight is 654 g/mol. The fourth-order valence-electron chi connectivity index (χ4n) is 6.54. The van der Waals surface area contributed by atoms with Crippen LogP contribution in [-0.2, 0) is 10.8 Å². The van der Waals surface area contributed by atoms with Gasteiger partial charge in [-0.2, -0.15) is 0 Å². The number of hydrogen-bond donors (Lipinski definition) is 1. The smallest absolute Gasteiger partial charge is 0.137 e. The van der Waals surface area contributed by atoms with Crippen LogP contribution < -0.4 is 4.90 Å². The summed E-state index contributed by atoms with van der Waals surface area (Å²) in [6.07, 6.45) is 1.83. The molecule has 50 heavy (non-hydrogen) atoms. The van der Waals surface area contributed by atoms with E-state index in [1.807, 2.05) is 30.5 Å². The minimum absolute atomic E-state index is 0.118. The van der Waals surface area contributed by atoms with E-state index >= 15 is 0 Å². The largest absolute Gasteiger partial charge is 0.507 e. The molecule has 2 heterocycles. The van der Waals surface area contributed by atoms with E-state index in [1.54, 1.807) is 0 Å². The fourth-order valence-corrected chi connectivity index (χ4v) is 6.54. The van der Waals surface area contributed by atoms with Crippen molar-refractivity contribution in [1.82, 2.24) is 9.97 Å². The first-order valence-electron chi connectivity index (χ1n) is 17.2. The molecule has 4 nitrogen and oxygen atoms in total. The SMILES string of the molecule is CC(C)(C)c1cc(-c2cc(-c3ccccc3)cc(-c3cccc(N(c4ccccn4)c4cccc5ccccc45)c3)n2)c(O)c(C(C)(C)C)c1. The number of benzene rings is 5. The summed E-state index contributed by atoms with van der Waals surface area (Å²) in [5, 5.41) is 14.2. The predicted octanol–water partition coefficient (Wildman–Crippen LogP) is 12.4. The molecule has 0 saturated heterocycles. The molecule has 0 unspecified atom stereocenters. The average Bonchev–Trinajstić information content (AvgIpc) is 3.12. The molecule has 248 valence electrons. The van der Waals surface area contributed by atoms with Crippen molar-refractivity contribution < 1.29 is 5.11 Å². The Kier molecular flexibility index (Phi) is 8.49. The molecule has 0 aliphatic rings. The number of pyridine rings is 2. The van der Waals surface area contributed by atoms with Gasteiger partial charge in [0.05, 0.1) is 17.1 Å². The van der Waals surface area contributed by atoms with Crippen LogP contribution in [0.25, 0.3) is 44.4 Å². The zero-order chi connectivity index (χ0) is 35.0. The third-order valence-corrected chi connectivity index (χ3v) is 9.28. The first-order chi connectivity index (χ1) is 24.0. The molecule has 4 heteroatoms. The van der Waals surface area contributed by atoms with Crippen LogP contribution in [0.4, 0.5) is 17.2 Å². The van der Waals surface area contributed by atoms with Gasteiger partial charge in [-0.05, 0) is 81.4 Å². The maximum Gasteiger partial charge on any atom is 0.137 e. The topological polar surface area (TPSA) is 49.2 Å². The molecule has 0 radical (unpaired) electrons. The van der Waals surface area contributed by atoms with Crippen LogP contribution in [-0.4, -0.2) is 15.1 Å². The standard InChI is InChI=1S/C46H43N3O/c1-45(2,3)35-29-38(44(50)39(30-35)46(4,5)6)41-28-34(31-16-8-7-9-17-31)27-40(48-41)33-20-14-21-36(26-33)49(43-24-12-13-25-47-43)42-23-15-19-32-18-10-11-22-37(32)42/h7-30,50H,1-6H3. The molecule has 5 aromatic carbocycles. The number of hydrogen-bond acceptors (Lipinski definition) is 4. The molecule has 0 aliphatic carbocycles. The quantitative estimate of drug-likeness (QED) is 0.194. The Bertz CT molecular complexity index is 2290. The second-order valence-corrected chi connectivity index (χ2v) is 15.0. The number of aromatic hydroxyl groups is 1. The summed E-state index contributed by atoms with van der Waals surface area (Å²) >= 11 is 0. The highest BCUT2D eigenvalue weighted by atomic mass is 16.3. The van der Waals surface area contributed by atoms with Gasteiger partial charge >= 0.3 is 0 Å². The lowest BCUT2D eigenvalue weighted by Gasteiger charge is -2.27. The second kappa shape index (κ2) is 12.9. The maximum absolute atomic E-state index is 11.9. The van der Waals surface area contributed by atoms with Crippen LogP contribution in [0.15, 0.2) is 146 Å². The van der Waals surface area contributed by atoms with Gasteiger partial charge in [-0.3, -0.25) is 4.90 Å². The van der Waals surface area contributed by atoms with Crippen LogP contribution in [0.1, 0.15) is 52.7 Å². The van der Waals surface area contributed by atoms with Crippen molar-refractivity contribution in [2.24, 2.45) is 0 Å². The second-order valence-electron chi connectivity index (χ2n) is 15.0. The number of anilines is 3. The lowest BCUT2D eigenvalue weighted by molar-refractivity contribution is 0.446. The number of phenols is 1. The van der Waals surface area contributed by atoms with E-state index in [-0.39, 0.29) is 16.6 Å². The molecule has 2 aromatic heterocycles. The maximum atomic E-state index is 11.9. The minimum atomic E-state index is -0.259. The number of fused-ring (bicyclic) bond motifs is 1. The highest BCUT2D eigenvalue weighted by Gasteiger charge is 2.26. The first kappa shape index (κ1) is 32.8. The van der Waals surface area contributed by atoms with Gasteiger partial charge in [0.2, 0.25) is 0 Å². The summed E-state index contributed by atoms with van der Waals surface area (Å²) in [6, 6.07) is 48.2. The Morgan fingerprint density at radius 3 is 1.98 bits per heavy atom. The Balaban J connectivity index is 1.45. The zero-order valence-electron chi connectivity index (χ0n) is 29.6. The van der Waals surface area contributed by atoms with Gasteiger partial charge in [-0.1, -0.05) is 133 Å². The Morgan fingerprint density at radius 1 is 0.560 bits per heavy atom. The lowest BCUT2D eigenvalue weighted by Crippen LogP contribution is -2.17. The van der Waals surface area contributed by atoms with E-state index in [0.29, 0.717) is 0 Å². The number of phenolic OH excluding ortho intramolecular Hbond substituents is 1. The van der Waals surface area contributed by atoms with E-state index in [2.05, 4.69) is 162 Å². The van der Waals surface area contributed by atoms with Gasteiger partial charge in [0.15, 0.2) is 0 Å². The van der Waals surface area contributed by atoms with E-state index in [0.717, 1.165) is 72.7 Å². The van der Waals surface area contributed by atoms with E-state index in [9.17, 15) is 5.11 Å². The summed E-state index contributed by atoms with van der Waals surface area (Å²) < 4.78 is 0. The molecule has 1 N–H and O–H groups in total. The summed E-state index contributed by atoms with van der Waals surface area (Å²) in [7, 11) is 0. The summed E-state index contributed by atoms with van der Waals surface area (Å²) in [5.41, 5.74) is 9.08. The number of rotatable bonds is 6. The van der Waals surface area contributed by atoms with Crippen LogP contribution in [0.2, 0.25) is 0 Å². The number of aromatic nitrogens is 2. The number of nitrogens with zero attached hydrogens (tertiary/aromatic N) is 3. The molecule has 0 aliphatic heterocycles. The highest BCUT2D eigenvalue weighted by molar-refractivity contribution is 5.98. The Hall–Kier alpha value is -5.74. The van der Waals surface area contributed by atoms with Gasteiger partial charge < -0.3 is 5.11 Å². The van der Waals surface area contributed by atoms with E-state index in [4.69, 9.17) is 9.97 Å². The Labute approximate surface area is 295 Å². The van der Waals surface area contributed by atoms with Crippen molar-refractivity contribution in [1.29, 1.82) is 0 Å². The summed E-state index contributed by atoms with van der Waals surface area (Å²) in [6.45, 7) is 13.1. The molecular formula is C46H43N3O. The molecule has 0 fully saturated rings. The van der Waals surface area contributed by atoms with Crippen molar-refractivity contribution in [3.63, 3.8) is 0 Å². The highest BCUT2D eigenvalue weighted by Crippen LogP contribution is 2.44. The zero-order valence-corrected chi connectivity index (χ0v) is 29.6. The third-order valence-electron chi connectivity index (χ3n) is 9.28. The monoisotopic (exact) mass is 653 g/mol. The minimum Gasteiger partial charge on any atom is -0.507 e. The molecule has 7 rings (SSSR count). The van der Waals surface area contributed by atoms with Gasteiger partial charge in [-0.15, -0.1) is 0 Å². The van der Waals surface area contributed by atoms with E-state index < -0.39 is 0 Å². The lowest BCUT2D eigenvalue weighted by atomic mass is 9.78. The molecule has 0 amide bonds. The van der Waals surface area contributed by atoms with Crippen LogP contribution in [0.3, 0.4) is 0 Å². The van der Waals surface area contributed by atoms with Crippen molar-refractivity contribution in [2.75, 3.05) is 4.90 Å². The molecule has 0 atom stereocenters. The van der Waals surface area contributed by atoms with Crippen molar-refractivity contribution in [3.05, 3.63) is 157 Å². The van der Waals surface area contributed by atoms with E-state index in [1.165, 1.54) is 0 Å². The summed E-state index contributed by atoms with van der Waals surface area (Å²) in [5.74, 6) is 1.10. The molecule has 7 aromatic rings. The van der Waals surface area contributed by atoms with Crippen LogP contribution >= 0.6 is 0 Å².